The van der Waals surface area contributed by atoms with E-state index in [2.05, 4.69) is 41.5 Å². The lowest BCUT2D eigenvalue weighted by atomic mass is 10.0. The molecule has 0 bridgehead atoms. The van der Waals surface area contributed by atoms with Gasteiger partial charge in [0, 0.05) is 19.3 Å². The van der Waals surface area contributed by atoms with Gasteiger partial charge in [-0.15, -0.1) is 0 Å². The van der Waals surface area contributed by atoms with E-state index in [1.165, 1.54) is 218 Å². The van der Waals surface area contributed by atoms with Gasteiger partial charge in [-0.25, -0.2) is 0 Å². The number of hydrogen-bond acceptors (Lipinski definition) is 6. The molecule has 67 heavy (non-hydrogen) atoms. The molecular weight excluding hydrogens is 829 g/mol. The van der Waals surface area contributed by atoms with Gasteiger partial charge in [0.2, 0.25) is 0 Å². The van der Waals surface area contributed by atoms with Crippen LogP contribution in [0.5, 0.6) is 0 Å². The highest BCUT2D eigenvalue weighted by Gasteiger charge is 2.19. The summed E-state index contributed by atoms with van der Waals surface area (Å²) < 4.78 is 16.9. The molecule has 0 rings (SSSR count). The summed E-state index contributed by atoms with van der Waals surface area (Å²) in [5, 5.41) is 0. The Morgan fingerprint density at radius 1 is 0.254 bits per heavy atom. The second-order valence-corrected chi connectivity index (χ2v) is 22.4. The normalized spacial score (nSPS) is 12.1. The van der Waals surface area contributed by atoms with E-state index in [0.717, 1.165) is 75.5 Å². The molecule has 0 aromatic carbocycles. The van der Waals surface area contributed by atoms with E-state index in [1.807, 2.05) is 0 Å². The van der Waals surface area contributed by atoms with Crippen LogP contribution in [0.25, 0.3) is 0 Å². The molecule has 6 heteroatoms. The Kier molecular flexibility index (Phi) is 51.0. The van der Waals surface area contributed by atoms with Crippen LogP contribution in [0.1, 0.15) is 337 Å². The number of rotatable bonds is 54. The molecule has 0 spiro atoms. The van der Waals surface area contributed by atoms with Crippen LogP contribution in [0.2, 0.25) is 0 Å². The minimum absolute atomic E-state index is 0.0632. The van der Waals surface area contributed by atoms with Gasteiger partial charge in [0.1, 0.15) is 13.2 Å². The number of esters is 3. The molecule has 6 nitrogen and oxygen atoms in total. The fourth-order valence-corrected chi connectivity index (χ4v) is 9.35. The summed E-state index contributed by atoms with van der Waals surface area (Å²) in [4.78, 5) is 38.2. The lowest BCUT2D eigenvalue weighted by Crippen LogP contribution is -2.30. The molecule has 1 atom stereocenters. The highest BCUT2D eigenvalue weighted by atomic mass is 16.6. The maximum atomic E-state index is 12.9. The molecule has 0 aliphatic carbocycles. The van der Waals surface area contributed by atoms with E-state index < -0.39 is 6.10 Å². The first-order valence-electron chi connectivity index (χ1n) is 30.1. The maximum Gasteiger partial charge on any atom is 0.306 e. The summed E-state index contributed by atoms with van der Waals surface area (Å²) in [5.41, 5.74) is 0. The van der Waals surface area contributed by atoms with Gasteiger partial charge >= 0.3 is 17.9 Å². The van der Waals surface area contributed by atoms with E-state index in [0.29, 0.717) is 19.3 Å². The molecular formula is C61H118O6. The van der Waals surface area contributed by atoms with Crippen molar-refractivity contribution in [3.8, 4) is 0 Å². The average molecular weight is 948 g/mol. The molecule has 0 saturated heterocycles. The van der Waals surface area contributed by atoms with Crippen molar-refractivity contribution >= 4 is 17.9 Å². The van der Waals surface area contributed by atoms with Gasteiger partial charge in [0.05, 0.1) is 0 Å². The first-order valence-corrected chi connectivity index (χ1v) is 30.1. The fraction of sp³-hybridized carbons (Fsp3) is 0.951. The second kappa shape index (κ2) is 52.2. The fourth-order valence-electron chi connectivity index (χ4n) is 9.35. The Morgan fingerprint density at radius 3 is 0.642 bits per heavy atom. The Balaban J connectivity index is 4.28. The highest BCUT2D eigenvalue weighted by Crippen LogP contribution is 2.19. The number of hydrogen-bond donors (Lipinski definition) is 0. The average Bonchev–Trinajstić information content (AvgIpc) is 3.29. The van der Waals surface area contributed by atoms with Crippen LogP contribution in [0.15, 0.2) is 0 Å². The van der Waals surface area contributed by atoms with Crippen LogP contribution >= 0.6 is 0 Å². The number of carbonyl (C=O) groups excluding carboxylic acids is 3. The quantitative estimate of drug-likeness (QED) is 0.0343. The SMILES string of the molecule is CC(C)CCCCCCCCCCCCCCCCCCC(=O)OC[C@@H](COC(=O)CCCCCCCCCCCCC(C)C)OC(=O)CCCCCCCCCCCCCCCCC(C)C. The first-order chi connectivity index (χ1) is 32.6. The second-order valence-electron chi connectivity index (χ2n) is 22.4. The Bertz CT molecular complexity index is 1040. The van der Waals surface area contributed by atoms with Crippen LogP contribution in [0, 0.1) is 17.8 Å². The van der Waals surface area contributed by atoms with E-state index in [-0.39, 0.29) is 31.1 Å². The van der Waals surface area contributed by atoms with Crippen LogP contribution in [0.4, 0.5) is 0 Å². The molecule has 0 unspecified atom stereocenters. The van der Waals surface area contributed by atoms with Gasteiger partial charge in [-0.1, -0.05) is 298 Å². The predicted octanol–water partition coefficient (Wildman–Crippen LogP) is 19.9. The third kappa shape index (κ3) is 55.2. The monoisotopic (exact) mass is 947 g/mol. The van der Waals surface area contributed by atoms with E-state index in [9.17, 15) is 14.4 Å². The summed E-state index contributed by atoms with van der Waals surface area (Å²) in [5.74, 6) is 1.67. The Labute approximate surface area is 418 Å². The van der Waals surface area contributed by atoms with Gasteiger partial charge in [0.15, 0.2) is 6.10 Å². The molecule has 0 aliphatic heterocycles. The van der Waals surface area contributed by atoms with E-state index in [4.69, 9.17) is 14.2 Å². The van der Waals surface area contributed by atoms with Crippen molar-refractivity contribution in [1.29, 1.82) is 0 Å². The zero-order chi connectivity index (χ0) is 49.1. The van der Waals surface area contributed by atoms with Crippen LogP contribution in [-0.4, -0.2) is 37.2 Å². The van der Waals surface area contributed by atoms with Gasteiger partial charge < -0.3 is 14.2 Å². The smallest absolute Gasteiger partial charge is 0.306 e. The number of carbonyl (C=O) groups is 3. The largest absolute Gasteiger partial charge is 0.462 e. The van der Waals surface area contributed by atoms with Crippen molar-refractivity contribution in [2.24, 2.45) is 17.8 Å². The van der Waals surface area contributed by atoms with Crippen molar-refractivity contribution < 1.29 is 28.6 Å². The molecule has 0 aromatic rings. The van der Waals surface area contributed by atoms with Crippen molar-refractivity contribution in [3.05, 3.63) is 0 Å². The van der Waals surface area contributed by atoms with Gasteiger partial charge in [-0.2, -0.15) is 0 Å². The summed E-state index contributed by atoms with van der Waals surface area (Å²) >= 11 is 0. The molecule has 0 aliphatic rings. The van der Waals surface area contributed by atoms with Crippen molar-refractivity contribution in [2.75, 3.05) is 13.2 Å². The lowest BCUT2D eigenvalue weighted by Gasteiger charge is -2.18. The molecule has 0 radical (unpaired) electrons. The zero-order valence-electron chi connectivity index (χ0n) is 46.2. The number of ether oxygens (including phenoxy) is 3. The van der Waals surface area contributed by atoms with Crippen LogP contribution in [-0.2, 0) is 28.6 Å². The predicted molar refractivity (Wildman–Crippen MR) is 289 cm³/mol. The third-order valence-electron chi connectivity index (χ3n) is 13.9. The lowest BCUT2D eigenvalue weighted by molar-refractivity contribution is -0.167. The van der Waals surface area contributed by atoms with E-state index in [1.54, 1.807) is 0 Å². The number of unbranched alkanes of at least 4 members (excludes halogenated alkanes) is 37. The zero-order valence-corrected chi connectivity index (χ0v) is 46.2. The molecule has 0 N–H and O–H groups in total. The molecule has 0 saturated carbocycles. The highest BCUT2D eigenvalue weighted by molar-refractivity contribution is 5.71. The Hall–Kier alpha value is -1.59. The van der Waals surface area contributed by atoms with Crippen LogP contribution < -0.4 is 0 Å². The van der Waals surface area contributed by atoms with Crippen LogP contribution in [0.3, 0.4) is 0 Å². The van der Waals surface area contributed by atoms with Gasteiger partial charge in [-0.3, -0.25) is 14.4 Å². The van der Waals surface area contributed by atoms with Crippen molar-refractivity contribution in [2.45, 2.75) is 343 Å². The molecule has 398 valence electrons. The maximum absolute atomic E-state index is 12.9. The molecule has 0 amide bonds. The standard InChI is InChI=1S/C61H118O6/c1-55(2)47-41-35-29-23-17-13-9-7-8-10-15-19-26-32-38-44-50-59(62)65-53-58(54-66-60(63)51-45-39-33-27-22-21-25-31-37-43-49-57(5)6)67-61(64)52-46-40-34-28-20-16-12-11-14-18-24-30-36-42-48-56(3)4/h55-58H,7-54H2,1-6H3/t58-/m0/s1. The summed E-state index contributed by atoms with van der Waals surface area (Å²) in [6, 6.07) is 0. The molecule has 0 aromatic heterocycles. The Morgan fingerprint density at radius 2 is 0.433 bits per heavy atom. The van der Waals surface area contributed by atoms with Gasteiger partial charge in [0.25, 0.3) is 0 Å². The molecule has 0 heterocycles. The van der Waals surface area contributed by atoms with Gasteiger partial charge in [-0.05, 0) is 37.0 Å². The summed E-state index contributed by atoms with van der Waals surface area (Å²) in [7, 11) is 0. The third-order valence-corrected chi connectivity index (χ3v) is 13.9. The van der Waals surface area contributed by atoms with E-state index >= 15 is 0 Å². The minimum Gasteiger partial charge on any atom is -0.462 e. The van der Waals surface area contributed by atoms with Crippen molar-refractivity contribution in [3.63, 3.8) is 0 Å². The topological polar surface area (TPSA) is 78.9 Å². The van der Waals surface area contributed by atoms with Crippen molar-refractivity contribution in [1.82, 2.24) is 0 Å². The summed E-state index contributed by atoms with van der Waals surface area (Å²) in [6.07, 6.45) is 55.3. The summed E-state index contributed by atoms with van der Waals surface area (Å²) in [6.45, 7) is 13.8. The first kappa shape index (κ1) is 65.4. The minimum atomic E-state index is -0.764. The molecule has 0 fully saturated rings.